The molecule has 3 nitrogen and oxygen atoms in total. The van der Waals surface area contributed by atoms with Gasteiger partial charge in [-0.2, -0.15) is 0 Å². The van der Waals surface area contributed by atoms with Crippen LogP contribution in [-0.2, 0) is 6.61 Å². The van der Waals surface area contributed by atoms with Crippen LogP contribution in [0.4, 0.5) is 4.39 Å². The largest absolute Gasteiger partial charge is 0.483 e. The Morgan fingerprint density at radius 3 is 2.88 bits per heavy atom. The van der Waals surface area contributed by atoms with Crippen LogP contribution in [0, 0.1) is 12.7 Å². The van der Waals surface area contributed by atoms with Gasteiger partial charge >= 0.3 is 0 Å². The van der Waals surface area contributed by atoms with E-state index in [2.05, 4.69) is 4.98 Å². The maximum atomic E-state index is 12.9. The zero-order valence-corrected chi connectivity index (χ0v) is 9.37. The number of benzene rings is 1. The van der Waals surface area contributed by atoms with Gasteiger partial charge in [0.2, 0.25) is 5.43 Å². The van der Waals surface area contributed by atoms with E-state index in [0.717, 1.165) is 5.69 Å². The van der Waals surface area contributed by atoms with Gasteiger partial charge in [0.25, 0.3) is 0 Å². The Morgan fingerprint density at radius 2 is 2.18 bits per heavy atom. The normalized spacial score (nSPS) is 10.2. The minimum Gasteiger partial charge on any atom is -0.483 e. The highest BCUT2D eigenvalue weighted by Gasteiger charge is 2.01. The molecule has 0 fully saturated rings. The van der Waals surface area contributed by atoms with Crippen LogP contribution in [0.3, 0.4) is 0 Å². The first kappa shape index (κ1) is 11.4. The second-order valence-corrected chi connectivity index (χ2v) is 3.76. The number of aromatic amines is 1. The first-order chi connectivity index (χ1) is 8.15. The third-order valence-electron chi connectivity index (χ3n) is 2.30. The van der Waals surface area contributed by atoms with E-state index in [4.69, 9.17) is 4.74 Å². The molecule has 1 N–H and O–H groups in total. The van der Waals surface area contributed by atoms with Crippen molar-refractivity contribution in [3.8, 4) is 5.75 Å². The number of nitrogens with one attached hydrogen (secondary N) is 1. The number of H-pyrrole nitrogens is 1. The molecule has 0 bridgehead atoms. The van der Waals surface area contributed by atoms with Crippen LogP contribution in [-0.4, -0.2) is 4.98 Å². The Kier molecular flexibility index (Phi) is 3.23. The molecule has 0 saturated carbocycles. The average molecular weight is 233 g/mol. The summed E-state index contributed by atoms with van der Waals surface area (Å²) in [5.74, 6) is -0.0798. The van der Waals surface area contributed by atoms with Crippen LogP contribution >= 0.6 is 0 Å². The van der Waals surface area contributed by atoms with Crippen LogP contribution in [0.5, 0.6) is 5.75 Å². The predicted molar refractivity (Wildman–Crippen MR) is 62.5 cm³/mol. The van der Waals surface area contributed by atoms with Crippen molar-refractivity contribution in [3.63, 3.8) is 0 Å². The lowest BCUT2D eigenvalue weighted by Crippen LogP contribution is -2.08. The molecular formula is C13H12FNO2. The van der Waals surface area contributed by atoms with Crippen molar-refractivity contribution in [2.24, 2.45) is 0 Å². The molecule has 4 heteroatoms. The van der Waals surface area contributed by atoms with Gasteiger partial charge < -0.3 is 9.72 Å². The van der Waals surface area contributed by atoms with E-state index in [9.17, 15) is 9.18 Å². The van der Waals surface area contributed by atoms with E-state index in [1.807, 2.05) is 0 Å². The highest BCUT2D eigenvalue weighted by atomic mass is 19.1. The third-order valence-corrected chi connectivity index (χ3v) is 2.30. The van der Waals surface area contributed by atoms with Crippen LogP contribution in [0.15, 0.2) is 41.3 Å². The highest BCUT2D eigenvalue weighted by molar-refractivity contribution is 5.21. The number of hydrogen-bond donors (Lipinski definition) is 1. The summed E-state index contributed by atoms with van der Waals surface area (Å²) in [6.45, 7) is 1.96. The number of aryl methyl sites for hydroxylation is 1. The summed E-state index contributed by atoms with van der Waals surface area (Å²) in [5.41, 5.74) is 1.27. The monoisotopic (exact) mass is 233 g/mol. The van der Waals surface area contributed by atoms with Crippen molar-refractivity contribution in [1.82, 2.24) is 4.98 Å². The summed E-state index contributed by atoms with van der Waals surface area (Å²) in [7, 11) is 0. The summed E-state index contributed by atoms with van der Waals surface area (Å²) < 4.78 is 18.2. The second kappa shape index (κ2) is 4.82. The minimum atomic E-state index is -0.316. The van der Waals surface area contributed by atoms with Crippen molar-refractivity contribution < 1.29 is 9.13 Å². The molecule has 1 aromatic heterocycles. The molecule has 0 atom stereocenters. The van der Waals surface area contributed by atoms with Gasteiger partial charge in [0.05, 0.1) is 0 Å². The lowest BCUT2D eigenvalue weighted by atomic mass is 10.2. The van der Waals surface area contributed by atoms with Crippen LogP contribution < -0.4 is 10.2 Å². The zero-order chi connectivity index (χ0) is 12.3. The first-order valence-corrected chi connectivity index (χ1v) is 5.22. The van der Waals surface area contributed by atoms with E-state index >= 15 is 0 Å². The van der Waals surface area contributed by atoms with Crippen molar-refractivity contribution in [1.29, 1.82) is 0 Å². The quantitative estimate of drug-likeness (QED) is 0.884. The molecule has 0 saturated heterocycles. The maximum Gasteiger partial charge on any atom is 0.223 e. The van der Waals surface area contributed by atoms with Crippen molar-refractivity contribution >= 4 is 0 Å². The fourth-order valence-corrected chi connectivity index (χ4v) is 1.46. The number of aromatic nitrogens is 1. The molecule has 88 valence electrons. The standard InChI is InChI=1S/C13H12FNO2/c1-9-5-12(16)13(7-15-9)17-8-10-3-2-4-11(14)6-10/h2-7H,8H2,1H3,(H,15,16). The lowest BCUT2D eigenvalue weighted by Gasteiger charge is -2.05. The number of halogens is 1. The second-order valence-electron chi connectivity index (χ2n) is 3.76. The zero-order valence-electron chi connectivity index (χ0n) is 9.37. The molecule has 1 heterocycles. The van der Waals surface area contributed by atoms with Gasteiger partial charge in [0.15, 0.2) is 5.75 Å². The molecule has 0 unspecified atom stereocenters. The number of rotatable bonds is 3. The fraction of sp³-hybridized carbons (Fsp3) is 0.154. The first-order valence-electron chi connectivity index (χ1n) is 5.22. The predicted octanol–water partition coefficient (Wildman–Crippen LogP) is 2.40. The van der Waals surface area contributed by atoms with E-state index < -0.39 is 0 Å². The van der Waals surface area contributed by atoms with Crippen molar-refractivity contribution in [3.05, 3.63) is 63.8 Å². The SMILES string of the molecule is Cc1cc(=O)c(OCc2cccc(F)c2)c[nH]1. The summed E-state index contributed by atoms with van der Waals surface area (Å²) in [6, 6.07) is 7.55. The Morgan fingerprint density at radius 1 is 1.35 bits per heavy atom. The van der Waals surface area contributed by atoms with E-state index in [-0.39, 0.29) is 23.6 Å². The topological polar surface area (TPSA) is 42.1 Å². The summed E-state index contributed by atoms with van der Waals surface area (Å²) in [4.78, 5) is 14.4. The molecular weight excluding hydrogens is 221 g/mol. The van der Waals surface area contributed by atoms with Gasteiger partial charge in [-0.3, -0.25) is 4.79 Å². The van der Waals surface area contributed by atoms with Crippen LogP contribution in [0.1, 0.15) is 11.3 Å². The van der Waals surface area contributed by atoms with Gasteiger partial charge in [0.1, 0.15) is 12.4 Å². The number of hydrogen-bond acceptors (Lipinski definition) is 2. The van der Waals surface area contributed by atoms with E-state index in [1.165, 1.54) is 24.4 Å². The van der Waals surface area contributed by atoms with E-state index in [1.54, 1.807) is 19.1 Å². The number of ether oxygens (including phenoxy) is 1. The highest BCUT2D eigenvalue weighted by Crippen LogP contribution is 2.08. The Bertz CT molecular complexity index is 578. The van der Waals surface area contributed by atoms with Gasteiger partial charge in [0, 0.05) is 18.0 Å². The molecule has 2 rings (SSSR count). The molecule has 0 aliphatic carbocycles. The molecule has 0 spiro atoms. The molecule has 17 heavy (non-hydrogen) atoms. The average Bonchev–Trinajstić information content (AvgIpc) is 2.28. The Labute approximate surface area is 97.9 Å². The molecule has 0 amide bonds. The molecule has 0 aliphatic rings. The maximum absolute atomic E-state index is 12.9. The third kappa shape index (κ3) is 2.93. The van der Waals surface area contributed by atoms with Gasteiger partial charge in [-0.05, 0) is 24.6 Å². The van der Waals surface area contributed by atoms with Gasteiger partial charge in [-0.25, -0.2) is 4.39 Å². The smallest absolute Gasteiger partial charge is 0.223 e. The Balaban J connectivity index is 2.10. The Hall–Kier alpha value is -2.10. The lowest BCUT2D eigenvalue weighted by molar-refractivity contribution is 0.301. The molecule has 2 aromatic rings. The van der Waals surface area contributed by atoms with Crippen molar-refractivity contribution in [2.45, 2.75) is 13.5 Å². The van der Waals surface area contributed by atoms with Gasteiger partial charge in [-0.1, -0.05) is 12.1 Å². The van der Waals surface area contributed by atoms with Gasteiger partial charge in [-0.15, -0.1) is 0 Å². The van der Waals surface area contributed by atoms with Crippen molar-refractivity contribution in [2.75, 3.05) is 0 Å². The molecule has 0 radical (unpaired) electrons. The number of pyridine rings is 1. The summed E-state index contributed by atoms with van der Waals surface area (Å²) in [5, 5.41) is 0. The molecule has 0 aliphatic heterocycles. The van der Waals surface area contributed by atoms with Crippen LogP contribution in [0.2, 0.25) is 0 Å². The minimum absolute atomic E-state index is 0.171. The summed E-state index contributed by atoms with van der Waals surface area (Å²) >= 11 is 0. The van der Waals surface area contributed by atoms with Crippen LogP contribution in [0.25, 0.3) is 0 Å². The fourth-order valence-electron chi connectivity index (χ4n) is 1.46. The molecule has 1 aromatic carbocycles. The van der Waals surface area contributed by atoms with E-state index in [0.29, 0.717) is 5.56 Å². The summed E-state index contributed by atoms with van der Waals surface area (Å²) in [6.07, 6.45) is 1.51.